The quantitative estimate of drug-likeness (QED) is 0.799. The van der Waals surface area contributed by atoms with Crippen molar-refractivity contribution < 1.29 is 9.53 Å². The summed E-state index contributed by atoms with van der Waals surface area (Å²) in [4.78, 5) is 23.4. The molecular formula is C20H21N3O2S2. The Morgan fingerprint density at radius 3 is 2.67 bits per heavy atom. The molecule has 27 heavy (non-hydrogen) atoms. The highest BCUT2D eigenvalue weighted by Gasteiger charge is 2.39. The highest BCUT2D eigenvalue weighted by molar-refractivity contribution is 8.16. The van der Waals surface area contributed by atoms with Gasteiger partial charge in [-0.25, -0.2) is 4.99 Å². The smallest absolute Gasteiger partial charge is 0.234 e. The van der Waals surface area contributed by atoms with E-state index >= 15 is 0 Å². The van der Waals surface area contributed by atoms with Gasteiger partial charge in [0.1, 0.15) is 16.5 Å². The highest BCUT2D eigenvalue weighted by atomic mass is 32.2. The fourth-order valence-electron chi connectivity index (χ4n) is 3.37. The van der Waals surface area contributed by atoms with Crippen LogP contribution in [-0.4, -0.2) is 35.2 Å². The molecule has 2 aromatic rings. The SMILES string of the molecule is COc1ccc(NC(=O)CSC2=NC3(CCCC3)N=C2c2cccs2)cc1. The number of thioether (sulfide) groups is 1. The summed E-state index contributed by atoms with van der Waals surface area (Å²) < 4.78 is 5.14. The van der Waals surface area contributed by atoms with E-state index in [0.717, 1.165) is 39.9 Å². The number of nitrogens with one attached hydrogen (secondary N) is 1. The van der Waals surface area contributed by atoms with Crippen LogP contribution in [0.3, 0.4) is 0 Å². The van der Waals surface area contributed by atoms with Gasteiger partial charge in [-0.05, 0) is 61.4 Å². The zero-order valence-corrected chi connectivity index (χ0v) is 16.7. The summed E-state index contributed by atoms with van der Waals surface area (Å²) in [6.45, 7) is 0. The van der Waals surface area contributed by atoms with E-state index in [4.69, 9.17) is 14.7 Å². The van der Waals surface area contributed by atoms with E-state index in [9.17, 15) is 4.79 Å². The van der Waals surface area contributed by atoms with Gasteiger partial charge in [-0.2, -0.15) is 0 Å². The highest BCUT2D eigenvalue weighted by Crippen LogP contribution is 2.40. The molecule has 140 valence electrons. The van der Waals surface area contributed by atoms with Gasteiger partial charge in [0.2, 0.25) is 5.91 Å². The Morgan fingerprint density at radius 2 is 2.00 bits per heavy atom. The van der Waals surface area contributed by atoms with Gasteiger partial charge in [0, 0.05) is 5.69 Å². The normalized spacial score (nSPS) is 17.7. The van der Waals surface area contributed by atoms with Crippen molar-refractivity contribution in [2.75, 3.05) is 18.2 Å². The number of hydrogen-bond acceptors (Lipinski definition) is 6. The zero-order chi connectivity index (χ0) is 18.7. The van der Waals surface area contributed by atoms with Crippen molar-refractivity contribution in [1.82, 2.24) is 0 Å². The molecule has 7 heteroatoms. The Morgan fingerprint density at radius 1 is 1.22 bits per heavy atom. The second-order valence-corrected chi connectivity index (χ2v) is 8.52. The van der Waals surface area contributed by atoms with E-state index in [1.165, 1.54) is 24.6 Å². The molecule has 2 aliphatic rings. The topological polar surface area (TPSA) is 63.0 Å². The molecule has 2 heterocycles. The number of nitrogens with zero attached hydrogens (tertiary/aromatic N) is 2. The fraction of sp³-hybridized carbons (Fsp3) is 0.350. The standard InChI is InChI=1S/C20H21N3O2S2/c1-25-15-8-6-14(7-9-15)21-17(24)13-27-19-18(16-5-4-12-26-16)22-20(23-19)10-2-3-11-20/h4-9,12H,2-3,10-11,13H2,1H3,(H,21,24). The summed E-state index contributed by atoms with van der Waals surface area (Å²) in [6, 6.07) is 11.4. The predicted molar refractivity (Wildman–Crippen MR) is 114 cm³/mol. The van der Waals surface area contributed by atoms with Crippen molar-refractivity contribution in [2.24, 2.45) is 9.98 Å². The van der Waals surface area contributed by atoms with Crippen LogP contribution in [0.1, 0.15) is 30.6 Å². The molecule has 0 radical (unpaired) electrons. The second-order valence-electron chi connectivity index (χ2n) is 6.61. The molecule has 1 saturated carbocycles. The van der Waals surface area contributed by atoms with Gasteiger partial charge < -0.3 is 10.1 Å². The van der Waals surface area contributed by atoms with Gasteiger partial charge in [-0.15, -0.1) is 11.3 Å². The van der Waals surface area contributed by atoms with Gasteiger partial charge in [0.15, 0.2) is 5.66 Å². The van der Waals surface area contributed by atoms with Gasteiger partial charge >= 0.3 is 0 Å². The molecule has 1 amide bonds. The Kier molecular flexibility index (Phi) is 5.31. The fourth-order valence-corrected chi connectivity index (χ4v) is 5.01. The third kappa shape index (κ3) is 4.09. The average Bonchev–Trinajstić information content (AvgIpc) is 3.42. The van der Waals surface area contributed by atoms with E-state index < -0.39 is 0 Å². The number of rotatable bonds is 5. The number of carbonyl (C=O) groups excluding carboxylic acids is 1. The third-order valence-corrected chi connectivity index (χ3v) is 6.55. The number of ether oxygens (including phenoxy) is 1. The molecule has 1 fully saturated rings. The number of hydrogen-bond donors (Lipinski definition) is 1. The lowest BCUT2D eigenvalue weighted by Gasteiger charge is -2.14. The molecule has 1 aromatic carbocycles. The van der Waals surface area contributed by atoms with Crippen molar-refractivity contribution in [3.63, 3.8) is 0 Å². The van der Waals surface area contributed by atoms with Gasteiger partial charge in [0.05, 0.1) is 17.7 Å². The van der Waals surface area contributed by atoms with Crippen LogP contribution in [0.4, 0.5) is 5.69 Å². The molecule has 5 nitrogen and oxygen atoms in total. The molecule has 1 N–H and O–H groups in total. The molecule has 0 unspecified atom stereocenters. The van der Waals surface area contributed by atoms with E-state index in [1.54, 1.807) is 18.4 Å². The number of amides is 1. The molecule has 1 aliphatic carbocycles. The first-order valence-corrected chi connectivity index (χ1v) is 10.8. The molecule has 1 aromatic heterocycles. The monoisotopic (exact) mass is 399 g/mol. The number of anilines is 1. The number of thiophene rings is 1. The summed E-state index contributed by atoms with van der Waals surface area (Å²) in [6.07, 6.45) is 4.34. The molecule has 1 aliphatic heterocycles. The Bertz CT molecular complexity index is 867. The molecule has 0 atom stereocenters. The Labute approximate surface area is 167 Å². The number of carbonyl (C=O) groups is 1. The minimum atomic E-state index is -0.284. The first-order chi connectivity index (χ1) is 13.2. The van der Waals surface area contributed by atoms with Crippen LogP contribution in [0, 0.1) is 0 Å². The van der Waals surface area contributed by atoms with Gasteiger partial charge in [0.25, 0.3) is 0 Å². The number of aliphatic imine (C=N–C) groups is 2. The van der Waals surface area contributed by atoms with Crippen molar-refractivity contribution in [3.8, 4) is 5.75 Å². The van der Waals surface area contributed by atoms with E-state index in [2.05, 4.69) is 16.8 Å². The van der Waals surface area contributed by atoms with E-state index in [1.807, 2.05) is 30.3 Å². The number of benzene rings is 1. The second kappa shape index (κ2) is 7.86. The van der Waals surface area contributed by atoms with Crippen molar-refractivity contribution in [1.29, 1.82) is 0 Å². The minimum absolute atomic E-state index is 0.0502. The lowest BCUT2D eigenvalue weighted by molar-refractivity contribution is -0.113. The van der Waals surface area contributed by atoms with Crippen LogP contribution in [0.15, 0.2) is 51.8 Å². The first kappa shape index (κ1) is 18.3. The largest absolute Gasteiger partial charge is 0.497 e. The van der Waals surface area contributed by atoms with Gasteiger partial charge in [-0.1, -0.05) is 17.8 Å². The van der Waals surface area contributed by atoms with Gasteiger partial charge in [-0.3, -0.25) is 9.79 Å². The first-order valence-electron chi connectivity index (χ1n) is 8.98. The van der Waals surface area contributed by atoms with Crippen molar-refractivity contribution >= 4 is 45.4 Å². The molecule has 0 bridgehead atoms. The number of methoxy groups -OCH3 is 1. The summed E-state index contributed by atoms with van der Waals surface area (Å²) >= 11 is 3.14. The molecule has 1 spiro atoms. The summed E-state index contributed by atoms with van der Waals surface area (Å²) in [5.74, 6) is 1.03. The summed E-state index contributed by atoms with van der Waals surface area (Å²) in [7, 11) is 1.62. The molecule has 0 saturated heterocycles. The lowest BCUT2D eigenvalue weighted by Crippen LogP contribution is -2.17. The maximum atomic E-state index is 12.4. The Balaban J connectivity index is 1.42. The predicted octanol–water partition coefficient (Wildman–Crippen LogP) is 4.60. The summed E-state index contributed by atoms with van der Waals surface area (Å²) in [5.41, 5.74) is 1.43. The van der Waals surface area contributed by atoms with Crippen LogP contribution >= 0.6 is 23.1 Å². The molecular weight excluding hydrogens is 378 g/mol. The van der Waals surface area contributed by atoms with Crippen LogP contribution < -0.4 is 10.1 Å². The average molecular weight is 400 g/mol. The van der Waals surface area contributed by atoms with E-state index in [0.29, 0.717) is 5.75 Å². The minimum Gasteiger partial charge on any atom is -0.497 e. The van der Waals surface area contributed by atoms with Crippen LogP contribution in [0.2, 0.25) is 0 Å². The van der Waals surface area contributed by atoms with E-state index in [-0.39, 0.29) is 11.6 Å². The maximum absolute atomic E-state index is 12.4. The van der Waals surface area contributed by atoms with Crippen LogP contribution in [0.25, 0.3) is 0 Å². The summed E-state index contributed by atoms with van der Waals surface area (Å²) in [5, 5.41) is 5.86. The Hall–Kier alpha value is -2.12. The van der Waals surface area contributed by atoms with Crippen LogP contribution in [0.5, 0.6) is 5.75 Å². The van der Waals surface area contributed by atoms with Crippen LogP contribution in [-0.2, 0) is 4.79 Å². The molecule has 4 rings (SSSR count). The van der Waals surface area contributed by atoms with Crippen molar-refractivity contribution in [2.45, 2.75) is 31.3 Å². The maximum Gasteiger partial charge on any atom is 0.234 e. The lowest BCUT2D eigenvalue weighted by atomic mass is 10.1. The zero-order valence-electron chi connectivity index (χ0n) is 15.1. The van der Waals surface area contributed by atoms with Crippen molar-refractivity contribution in [3.05, 3.63) is 46.7 Å². The third-order valence-electron chi connectivity index (χ3n) is 4.70.